The standard InChI is InChI=1S/C17H26N2O5S/c1-13-6-5-9-18(11-13)17(20)12-19(25(4,21)22)15-8-7-14(23-2)10-16(15)24-3/h7-8,10,13H,5-6,9,11-12H2,1-4H3. The van der Waals surface area contributed by atoms with Crippen LogP contribution in [-0.2, 0) is 14.8 Å². The molecule has 0 bridgehead atoms. The zero-order chi connectivity index (χ0) is 18.6. The van der Waals surface area contributed by atoms with Gasteiger partial charge in [-0.1, -0.05) is 6.92 Å². The lowest BCUT2D eigenvalue weighted by atomic mass is 10.0. The van der Waals surface area contributed by atoms with Crippen molar-refractivity contribution in [3.63, 3.8) is 0 Å². The highest BCUT2D eigenvalue weighted by molar-refractivity contribution is 7.92. The van der Waals surface area contributed by atoms with Crippen molar-refractivity contribution in [2.45, 2.75) is 19.8 Å². The lowest BCUT2D eigenvalue weighted by molar-refractivity contribution is -0.131. The SMILES string of the molecule is COc1ccc(N(CC(=O)N2CCCC(C)C2)S(C)(=O)=O)c(OC)c1. The van der Waals surface area contributed by atoms with Gasteiger partial charge in [-0.3, -0.25) is 9.10 Å². The van der Waals surface area contributed by atoms with E-state index in [4.69, 9.17) is 9.47 Å². The number of hydrogen-bond donors (Lipinski definition) is 0. The number of nitrogens with zero attached hydrogens (tertiary/aromatic N) is 2. The van der Waals surface area contributed by atoms with Crippen LogP contribution in [0.3, 0.4) is 0 Å². The maximum absolute atomic E-state index is 12.7. The first-order valence-corrected chi connectivity index (χ1v) is 10.1. The molecule has 1 atom stereocenters. The second-order valence-electron chi connectivity index (χ2n) is 6.39. The van der Waals surface area contributed by atoms with E-state index in [0.29, 0.717) is 36.2 Å². The number of methoxy groups -OCH3 is 2. The summed E-state index contributed by atoms with van der Waals surface area (Å²) in [6.07, 6.45) is 3.12. The molecular formula is C17H26N2O5S. The predicted octanol–water partition coefficient (Wildman–Crippen LogP) is 1.73. The van der Waals surface area contributed by atoms with Crippen molar-refractivity contribution in [3.8, 4) is 11.5 Å². The maximum atomic E-state index is 12.7. The summed E-state index contributed by atoms with van der Waals surface area (Å²) >= 11 is 0. The number of amides is 1. The number of anilines is 1. The van der Waals surface area contributed by atoms with Gasteiger partial charge in [-0.15, -0.1) is 0 Å². The van der Waals surface area contributed by atoms with Crippen molar-refractivity contribution in [1.29, 1.82) is 0 Å². The monoisotopic (exact) mass is 370 g/mol. The van der Waals surface area contributed by atoms with Crippen molar-refractivity contribution in [3.05, 3.63) is 18.2 Å². The van der Waals surface area contributed by atoms with Crippen LogP contribution in [0, 0.1) is 5.92 Å². The molecule has 25 heavy (non-hydrogen) atoms. The molecule has 0 radical (unpaired) electrons. The maximum Gasteiger partial charge on any atom is 0.243 e. The van der Waals surface area contributed by atoms with Gasteiger partial charge in [0.1, 0.15) is 18.0 Å². The van der Waals surface area contributed by atoms with E-state index in [9.17, 15) is 13.2 Å². The van der Waals surface area contributed by atoms with Crippen molar-refractivity contribution < 1.29 is 22.7 Å². The zero-order valence-electron chi connectivity index (χ0n) is 15.2. The number of likely N-dealkylation sites (tertiary alicyclic amines) is 1. The Hall–Kier alpha value is -1.96. The molecule has 0 saturated carbocycles. The summed E-state index contributed by atoms with van der Waals surface area (Å²) in [5.74, 6) is 1.12. The Kier molecular flexibility index (Phi) is 6.16. The quantitative estimate of drug-likeness (QED) is 0.762. The van der Waals surface area contributed by atoms with E-state index in [1.165, 1.54) is 14.2 Å². The first-order valence-electron chi connectivity index (χ1n) is 8.23. The second kappa shape index (κ2) is 7.95. The summed E-state index contributed by atoms with van der Waals surface area (Å²) < 4.78 is 36.1. The van der Waals surface area contributed by atoms with Crippen molar-refractivity contribution in [1.82, 2.24) is 4.90 Å². The van der Waals surface area contributed by atoms with Gasteiger partial charge in [-0.25, -0.2) is 8.42 Å². The van der Waals surface area contributed by atoms with Crippen LogP contribution in [-0.4, -0.2) is 59.3 Å². The Bertz CT molecular complexity index is 720. The van der Waals surface area contributed by atoms with E-state index in [1.807, 2.05) is 0 Å². The molecule has 1 fully saturated rings. The number of carbonyl (C=O) groups excluding carboxylic acids is 1. The van der Waals surface area contributed by atoms with Crippen LogP contribution in [0.15, 0.2) is 18.2 Å². The van der Waals surface area contributed by atoms with Gasteiger partial charge in [0.05, 0.1) is 26.2 Å². The minimum absolute atomic E-state index is 0.199. The van der Waals surface area contributed by atoms with Gasteiger partial charge < -0.3 is 14.4 Å². The van der Waals surface area contributed by atoms with Crippen LogP contribution in [0.4, 0.5) is 5.69 Å². The van der Waals surface area contributed by atoms with Crippen LogP contribution < -0.4 is 13.8 Å². The highest BCUT2D eigenvalue weighted by Gasteiger charge is 2.28. The third-order valence-electron chi connectivity index (χ3n) is 4.34. The van der Waals surface area contributed by atoms with Gasteiger partial charge in [-0.05, 0) is 30.9 Å². The third-order valence-corrected chi connectivity index (χ3v) is 5.47. The second-order valence-corrected chi connectivity index (χ2v) is 8.30. The minimum Gasteiger partial charge on any atom is -0.497 e. The zero-order valence-corrected chi connectivity index (χ0v) is 16.0. The van der Waals surface area contributed by atoms with E-state index in [1.54, 1.807) is 23.1 Å². The Labute approximate surface area is 149 Å². The minimum atomic E-state index is -3.65. The van der Waals surface area contributed by atoms with Crippen LogP contribution in [0.2, 0.25) is 0 Å². The largest absolute Gasteiger partial charge is 0.497 e. The fourth-order valence-corrected chi connectivity index (χ4v) is 3.86. The molecule has 7 nitrogen and oxygen atoms in total. The molecule has 140 valence electrons. The highest BCUT2D eigenvalue weighted by Crippen LogP contribution is 2.33. The highest BCUT2D eigenvalue weighted by atomic mass is 32.2. The van der Waals surface area contributed by atoms with Crippen molar-refractivity contribution in [2.75, 3.05) is 44.4 Å². The molecule has 1 aliphatic rings. The molecule has 8 heteroatoms. The number of benzene rings is 1. The number of carbonyl (C=O) groups is 1. The summed E-state index contributed by atoms with van der Waals surface area (Å²) in [5.41, 5.74) is 0.323. The molecule has 1 heterocycles. The Morgan fingerprint density at radius 3 is 2.60 bits per heavy atom. The normalized spacial score (nSPS) is 17.9. The van der Waals surface area contributed by atoms with E-state index >= 15 is 0 Å². The third kappa shape index (κ3) is 4.78. The summed E-state index contributed by atoms with van der Waals surface area (Å²) in [7, 11) is -0.683. The Morgan fingerprint density at radius 1 is 1.32 bits per heavy atom. The molecule has 1 amide bonds. The molecule has 0 aromatic heterocycles. The number of hydrogen-bond acceptors (Lipinski definition) is 5. The van der Waals surface area contributed by atoms with Gasteiger partial charge in [0.15, 0.2) is 0 Å². The molecule has 0 N–H and O–H groups in total. The molecule has 0 aliphatic carbocycles. The van der Waals surface area contributed by atoms with Crippen LogP contribution in [0.5, 0.6) is 11.5 Å². The van der Waals surface area contributed by atoms with Crippen molar-refractivity contribution in [2.24, 2.45) is 5.92 Å². The lowest BCUT2D eigenvalue weighted by Crippen LogP contribution is -2.46. The predicted molar refractivity (Wildman–Crippen MR) is 96.7 cm³/mol. The van der Waals surface area contributed by atoms with E-state index < -0.39 is 10.0 Å². The van der Waals surface area contributed by atoms with E-state index in [2.05, 4.69) is 6.92 Å². The number of ether oxygens (including phenoxy) is 2. The molecule has 1 aromatic rings. The Morgan fingerprint density at radius 2 is 2.04 bits per heavy atom. The van der Waals surface area contributed by atoms with Gasteiger partial charge >= 0.3 is 0 Å². The van der Waals surface area contributed by atoms with Crippen molar-refractivity contribution >= 4 is 21.6 Å². The van der Waals surface area contributed by atoms with Crippen LogP contribution in [0.1, 0.15) is 19.8 Å². The van der Waals surface area contributed by atoms with E-state index in [0.717, 1.165) is 23.4 Å². The fraction of sp³-hybridized carbons (Fsp3) is 0.588. The van der Waals surface area contributed by atoms with Gasteiger partial charge in [0, 0.05) is 19.2 Å². The first kappa shape index (κ1) is 19.4. The smallest absolute Gasteiger partial charge is 0.243 e. The fourth-order valence-electron chi connectivity index (χ4n) is 3.01. The summed E-state index contributed by atoms with van der Waals surface area (Å²) in [6, 6.07) is 4.83. The molecule has 1 aliphatic heterocycles. The van der Waals surface area contributed by atoms with Gasteiger partial charge in [0.25, 0.3) is 0 Å². The number of piperidine rings is 1. The van der Waals surface area contributed by atoms with Gasteiger partial charge in [0.2, 0.25) is 15.9 Å². The average molecular weight is 370 g/mol. The Balaban J connectivity index is 2.30. The molecule has 1 unspecified atom stereocenters. The summed E-state index contributed by atoms with van der Waals surface area (Å²) in [6.45, 7) is 3.19. The van der Waals surface area contributed by atoms with Crippen LogP contribution in [0.25, 0.3) is 0 Å². The summed E-state index contributed by atoms with van der Waals surface area (Å²) in [5, 5.41) is 0. The van der Waals surface area contributed by atoms with Crippen LogP contribution >= 0.6 is 0 Å². The van der Waals surface area contributed by atoms with Gasteiger partial charge in [-0.2, -0.15) is 0 Å². The average Bonchev–Trinajstić information content (AvgIpc) is 2.58. The molecular weight excluding hydrogens is 344 g/mol. The molecule has 1 aromatic carbocycles. The topological polar surface area (TPSA) is 76.2 Å². The number of rotatable bonds is 6. The molecule has 0 spiro atoms. The number of sulfonamides is 1. The summed E-state index contributed by atoms with van der Waals surface area (Å²) in [4.78, 5) is 14.4. The molecule has 1 saturated heterocycles. The lowest BCUT2D eigenvalue weighted by Gasteiger charge is -2.33. The van der Waals surface area contributed by atoms with E-state index in [-0.39, 0.29) is 12.5 Å². The molecule has 2 rings (SSSR count). The first-order chi connectivity index (χ1) is 11.8.